The molecule has 0 aliphatic heterocycles. The van der Waals surface area contributed by atoms with Gasteiger partial charge in [0, 0.05) is 25.1 Å². The molecule has 0 spiro atoms. The molecule has 0 unspecified atom stereocenters. The fourth-order valence-corrected chi connectivity index (χ4v) is 1.75. The van der Waals surface area contributed by atoms with E-state index in [0.29, 0.717) is 19.0 Å². The SMILES string of the molecule is C=C(C)CNC(N)=NCc1ccc(-n2ccnc2C)nc1. The molecular formula is C15H20N6. The van der Waals surface area contributed by atoms with E-state index in [1.54, 1.807) is 12.4 Å². The van der Waals surface area contributed by atoms with E-state index in [1.807, 2.05) is 36.7 Å². The second kappa shape index (κ2) is 6.69. The Morgan fingerprint density at radius 1 is 1.43 bits per heavy atom. The molecule has 0 aliphatic rings. The molecule has 2 aromatic rings. The van der Waals surface area contributed by atoms with Crippen molar-refractivity contribution < 1.29 is 0 Å². The maximum absolute atomic E-state index is 5.76. The lowest BCUT2D eigenvalue weighted by atomic mass is 10.3. The first-order chi connectivity index (χ1) is 10.1. The fourth-order valence-electron chi connectivity index (χ4n) is 1.75. The van der Waals surface area contributed by atoms with Gasteiger partial charge in [-0.25, -0.2) is 15.0 Å². The molecule has 21 heavy (non-hydrogen) atoms. The molecule has 3 N–H and O–H groups in total. The lowest BCUT2D eigenvalue weighted by Crippen LogP contribution is -2.32. The van der Waals surface area contributed by atoms with Crippen LogP contribution in [-0.2, 0) is 6.54 Å². The zero-order valence-corrected chi connectivity index (χ0v) is 12.4. The van der Waals surface area contributed by atoms with Crippen LogP contribution >= 0.6 is 0 Å². The summed E-state index contributed by atoms with van der Waals surface area (Å²) in [4.78, 5) is 12.9. The molecule has 0 bridgehead atoms. The number of nitrogens with zero attached hydrogens (tertiary/aromatic N) is 4. The summed E-state index contributed by atoms with van der Waals surface area (Å²) < 4.78 is 1.93. The minimum absolute atomic E-state index is 0.410. The number of imidazole rings is 1. The quantitative estimate of drug-likeness (QED) is 0.496. The van der Waals surface area contributed by atoms with Crippen molar-refractivity contribution in [1.29, 1.82) is 0 Å². The van der Waals surface area contributed by atoms with Crippen molar-refractivity contribution in [3.05, 3.63) is 54.3 Å². The molecule has 2 heterocycles. The number of aryl methyl sites for hydroxylation is 1. The van der Waals surface area contributed by atoms with Crippen LogP contribution in [-0.4, -0.2) is 27.0 Å². The van der Waals surface area contributed by atoms with E-state index in [1.165, 1.54) is 0 Å². The number of rotatable bonds is 5. The Kier molecular flexibility index (Phi) is 4.71. The molecule has 0 saturated heterocycles. The van der Waals surface area contributed by atoms with Crippen LogP contribution in [0.15, 0.2) is 47.9 Å². The molecule has 0 atom stereocenters. The summed E-state index contributed by atoms with van der Waals surface area (Å²) in [7, 11) is 0. The molecule has 2 aromatic heterocycles. The Balaban J connectivity index is 1.98. The number of hydrogen-bond donors (Lipinski definition) is 2. The maximum Gasteiger partial charge on any atom is 0.189 e. The largest absolute Gasteiger partial charge is 0.370 e. The Morgan fingerprint density at radius 2 is 2.24 bits per heavy atom. The first kappa shape index (κ1) is 14.8. The van der Waals surface area contributed by atoms with Gasteiger partial charge < -0.3 is 11.1 Å². The summed E-state index contributed by atoms with van der Waals surface area (Å²) in [5.74, 6) is 2.15. The number of guanidine groups is 1. The van der Waals surface area contributed by atoms with Gasteiger partial charge in [-0.05, 0) is 25.5 Å². The minimum Gasteiger partial charge on any atom is -0.370 e. The highest BCUT2D eigenvalue weighted by molar-refractivity contribution is 5.78. The van der Waals surface area contributed by atoms with Gasteiger partial charge in [0.25, 0.3) is 0 Å². The van der Waals surface area contributed by atoms with Crippen molar-refractivity contribution in [3.8, 4) is 5.82 Å². The van der Waals surface area contributed by atoms with Gasteiger partial charge in [-0.2, -0.15) is 0 Å². The average Bonchev–Trinajstić information content (AvgIpc) is 2.89. The molecule has 6 heteroatoms. The highest BCUT2D eigenvalue weighted by Gasteiger charge is 2.01. The Labute approximate surface area is 124 Å². The van der Waals surface area contributed by atoms with Gasteiger partial charge in [0.1, 0.15) is 11.6 Å². The first-order valence-corrected chi connectivity index (χ1v) is 6.69. The molecule has 0 fully saturated rings. The van der Waals surface area contributed by atoms with E-state index < -0.39 is 0 Å². The number of nitrogens with one attached hydrogen (secondary N) is 1. The minimum atomic E-state index is 0.410. The number of nitrogens with two attached hydrogens (primary N) is 1. The predicted molar refractivity (Wildman–Crippen MR) is 84.2 cm³/mol. The fraction of sp³-hybridized carbons (Fsp3) is 0.267. The lowest BCUT2D eigenvalue weighted by Gasteiger charge is -2.06. The molecule has 0 amide bonds. The van der Waals surface area contributed by atoms with Gasteiger partial charge in [0.15, 0.2) is 5.96 Å². The van der Waals surface area contributed by atoms with Crippen molar-refractivity contribution in [2.45, 2.75) is 20.4 Å². The number of aromatic nitrogens is 3. The van der Waals surface area contributed by atoms with Gasteiger partial charge in [0.2, 0.25) is 0 Å². The molecule has 0 aliphatic carbocycles. The zero-order valence-electron chi connectivity index (χ0n) is 12.4. The van der Waals surface area contributed by atoms with Crippen LogP contribution in [0.25, 0.3) is 5.82 Å². The van der Waals surface area contributed by atoms with Crippen LogP contribution in [0.1, 0.15) is 18.3 Å². The second-order valence-corrected chi connectivity index (χ2v) is 4.88. The van der Waals surface area contributed by atoms with E-state index in [9.17, 15) is 0 Å². The van der Waals surface area contributed by atoms with Crippen molar-refractivity contribution in [2.24, 2.45) is 10.7 Å². The molecule has 0 radical (unpaired) electrons. The van der Waals surface area contributed by atoms with Crippen molar-refractivity contribution in [1.82, 2.24) is 19.9 Å². The van der Waals surface area contributed by atoms with Crippen LogP contribution in [0.4, 0.5) is 0 Å². The molecular weight excluding hydrogens is 264 g/mol. The third-order valence-corrected chi connectivity index (χ3v) is 2.88. The smallest absolute Gasteiger partial charge is 0.189 e. The van der Waals surface area contributed by atoms with Crippen molar-refractivity contribution >= 4 is 5.96 Å². The van der Waals surface area contributed by atoms with Crippen LogP contribution in [0.2, 0.25) is 0 Å². The summed E-state index contributed by atoms with van der Waals surface area (Å²) in [5.41, 5.74) is 7.77. The average molecular weight is 284 g/mol. The van der Waals surface area contributed by atoms with Gasteiger partial charge in [-0.15, -0.1) is 0 Å². The second-order valence-electron chi connectivity index (χ2n) is 4.88. The standard InChI is InChI=1S/C15H20N6/c1-11(2)8-19-15(16)20-10-13-4-5-14(18-9-13)21-7-6-17-12(21)3/h4-7,9H,1,8,10H2,2-3H3,(H3,16,19,20). The van der Waals surface area contributed by atoms with E-state index in [2.05, 4.69) is 26.9 Å². The van der Waals surface area contributed by atoms with Crippen LogP contribution in [0, 0.1) is 6.92 Å². The van der Waals surface area contributed by atoms with E-state index >= 15 is 0 Å². The molecule has 110 valence electrons. The molecule has 6 nitrogen and oxygen atoms in total. The lowest BCUT2D eigenvalue weighted by molar-refractivity contribution is 0.913. The van der Waals surface area contributed by atoms with Crippen LogP contribution < -0.4 is 11.1 Å². The normalized spacial score (nSPS) is 11.4. The number of aliphatic imine (C=N–C) groups is 1. The topological polar surface area (TPSA) is 81.1 Å². The highest BCUT2D eigenvalue weighted by Crippen LogP contribution is 2.08. The van der Waals surface area contributed by atoms with Gasteiger partial charge in [-0.3, -0.25) is 4.57 Å². The van der Waals surface area contributed by atoms with Crippen LogP contribution in [0.3, 0.4) is 0 Å². The maximum atomic E-state index is 5.76. The van der Waals surface area contributed by atoms with Gasteiger partial charge in [-0.1, -0.05) is 18.2 Å². The number of pyridine rings is 1. The Morgan fingerprint density at radius 3 is 2.81 bits per heavy atom. The highest BCUT2D eigenvalue weighted by atomic mass is 15.1. The third-order valence-electron chi connectivity index (χ3n) is 2.88. The van der Waals surface area contributed by atoms with Crippen LogP contribution in [0.5, 0.6) is 0 Å². The zero-order chi connectivity index (χ0) is 15.2. The Hall–Kier alpha value is -2.63. The summed E-state index contributed by atoms with van der Waals surface area (Å²) in [6, 6.07) is 3.92. The predicted octanol–water partition coefficient (Wildman–Crippen LogP) is 1.56. The van der Waals surface area contributed by atoms with Crippen molar-refractivity contribution in [2.75, 3.05) is 6.54 Å². The molecule has 0 saturated carbocycles. The monoisotopic (exact) mass is 284 g/mol. The van der Waals surface area contributed by atoms with Gasteiger partial charge >= 0.3 is 0 Å². The Bertz CT molecular complexity index is 638. The van der Waals surface area contributed by atoms with E-state index in [-0.39, 0.29) is 0 Å². The number of hydrogen-bond acceptors (Lipinski definition) is 3. The van der Waals surface area contributed by atoms with Crippen molar-refractivity contribution in [3.63, 3.8) is 0 Å². The summed E-state index contributed by atoms with van der Waals surface area (Å²) in [6.07, 6.45) is 5.43. The summed E-state index contributed by atoms with van der Waals surface area (Å²) >= 11 is 0. The third kappa shape index (κ3) is 4.17. The van der Waals surface area contributed by atoms with Gasteiger partial charge in [0.05, 0.1) is 6.54 Å². The van der Waals surface area contributed by atoms with E-state index in [0.717, 1.165) is 22.8 Å². The molecule has 0 aromatic carbocycles. The molecule has 2 rings (SSSR count). The summed E-state index contributed by atoms with van der Waals surface area (Å²) in [6.45, 7) is 8.79. The first-order valence-electron chi connectivity index (χ1n) is 6.69. The summed E-state index contributed by atoms with van der Waals surface area (Å²) in [5, 5.41) is 2.99. The van der Waals surface area contributed by atoms with E-state index in [4.69, 9.17) is 5.73 Å².